The molecule has 0 bridgehead atoms. The van der Waals surface area contributed by atoms with Gasteiger partial charge in [-0.2, -0.15) is 0 Å². The van der Waals surface area contributed by atoms with E-state index in [0.29, 0.717) is 17.5 Å². The molecular formula is C12H15N3OS. The maximum atomic E-state index is 5.99. The van der Waals surface area contributed by atoms with Crippen LogP contribution in [-0.4, -0.2) is 10.2 Å². The molecule has 4 nitrogen and oxygen atoms in total. The van der Waals surface area contributed by atoms with E-state index in [0.717, 1.165) is 22.6 Å². The number of aryl methyl sites for hydroxylation is 2. The summed E-state index contributed by atoms with van der Waals surface area (Å²) in [6, 6.07) is 6.00. The Kier molecular flexibility index (Phi) is 3.68. The molecule has 1 aromatic carbocycles. The highest BCUT2D eigenvalue weighted by Gasteiger charge is 2.07. The fraction of sp³-hybridized carbons (Fsp3) is 0.333. The zero-order valence-electron chi connectivity index (χ0n) is 9.93. The van der Waals surface area contributed by atoms with E-state index in [2.05, 4.69) is 10.2 Å². The first-order chi connectivity index (χ1) is 8.20. The van der Waals surface area contributed by atoms with E-state index in [4.69, 9.17) is 10.2 Å². The number of hydrogen-bond acceptors (Lipinski definition) is 5. The number of nitrogens with two attached hydrogens (primary N) is 1. The van der Waals surface area contributed by atoms with Crippen LogP contribution in [0.15, 0.2) is 27.5 Å². The van der Waals surface area contributed by atoms with Crippen LogP contribution in [0, 0.1) is 6.92 Å². The predicted molar refractivity (Wildman–Crippen MR) is 68.8 cm³/mol. The third kappa shape index (κ3) is 2.79. The van der Waals surface area contributed by atoms with E-state index in [1.807, 2.05) is 32.0 Å². The van der Waals surface area contributed by atoms with Crippen molar-refractivity contribution in [2.45, 2.75) is 30.9 Å². The number of nitrogens with zero attached hydrogens (tertiary/aromatic N) is 2. The Balaban J connectivity index is 2.04. The van der Waals surface area contributed by atoms with Gasteiger partial charge in [-0.3, -0.25) is 0 Å². The van der Waals surface area contributed by atoms with Crippen LogP contribution in [0.5, 0.6) is 0 Å². The molecule has 0 aliphatic rings. The fourth-order valence-electron chi connectivity index (χ4n) is 1.41. The van der Waals surface area contributed by atoms with Crippen molar-refractivity contribution in [1.29, 1.82) is 0 Å². The van der Waals surface area contributed by atoms with Gasteiger partial charge in [0, 0.05) is 17.0 Å². The highest BCUT2D eigenvalue weighted by Crippen LogP contribution is 2.29. The number of hydrogen-bond donors (Lipinski definition) is 1. The van der Waals surface area contributed by atoms with Crippen molar-refractivity contribution in [3.8, 4) is 0 Å². The molecule has 0 radical (unpaired) electrons. The topological polar surface area (TPSA) is 64.9 Å². The highest BCUT2D eigenvalue weighted by molar-refractivity contribution is 7.98. The van der Waals surface area contributed by atoms with Crippen molar-refractivity contribution in [3.05, 3.63) is 35.5 Å². The van der Waals surface area contributed by atoms with Gasteiger partial charge in [0.15, 0.2) is 0 Å². The fourth-order valence-corrected chi connectivity index (χ4v) is 2.30. The van der Waals surface area contributed by atoms with Crippen LogP contribution in [0.25, 0.3) is 0 Å². The second kappa shape index (κ2) is 5.23. The number of aromatic nitrogens is 2. The maximum absolute atomic E-state index is 5.99. The van der Waals surface area contributed by atoms with Gasteiger partial charge in [0.1, 0.15) is 0 Å². The number of para-hydroxylation sites is 1. The molecule has 0 aliphatic carbocycles. The zero-order valence-corrected chi connectivity index (χ0v) is 10.8. The smallest absolute Gasteiger partial charge is 0.226 e. The van der Waals surface area contributed by atoms with Crippen LogP contribution in [0.2, 0.25) is 0 Å². The average molecular weight is 249 g/mol. The number of anilines is 1. The summed E-state index contributed by atoms with van der Waals surface area (Å²) < 4.78 is 5.44. The van der Waals surface area contributed by atoms with E-state index >= 15 is 0 Å². The highest BCUT2D eigenvalue weighted by atomic mass is 32.2. The van der Waals surface area contributed by atoms with Crippen LogP contribution in [0.1, 0.15) is 24.3 Å². The summed E-state index contributed by atoms with van der Waals surface area (Å²) in [6.07, 6.45) is 0.768. The first-order valence-electron chi connectivity index (χ1n) is 5.50. The molecule has 2 N–H and O–H groups in total. The minimum absolute atomic E-state index is 0.646. The molecule has 0 aliphatic heterocycles. The Morgan fingerprint density at radius 3 is 2.76 bits per heavy atom. The molecule has 1 aromatic heterocycles. The maximum Gasteiger partial charge on any atom is 0.226 e. The van der Waals surface area contributed by atoms with Crippen molar-refractivity contribution in [3.63, 3.8) is 0 Å². The summed E-state index contributed by atoms with van der Waals surface area (Å²) in [5.41, 5.74) is 7.91. The van der Waals surface area contributed by atoms with Gasteiger partial charge in [0.2, 0.25) is 11.8 Å². The van der Waals surface area contributed by atoms with E-state index in [1.165, 1.54) is 0 Å². The first kappa shape index (κ1) is 12.0. The number of thioether (sulfide) groups is 1. The molecule has 2 aromatic rings. The van der Waals surface area contributed by atoms with Gasteiger partial charge in [0.25, 0.3) is 0 Å². The van der Waals surface area contributed by atoms with E-state index in [-0.39, 0.29) is 0 Å². The van der Waals surface area contributed by atoms with Gasteiger partial charge in [0.05, 0.1) is 5.75 Å². The van der Waals surface area contributed by atoms with Crippen molar-refractivity contribution in [2.75, 3.05) is 5.73 Å². The molecule has 0 fully saturated rings. The monoisotopic (exact) mass is 249 g/mol. The van der Waals surface area contributed by atoms with Gasteiger partial charge in [-0.05, 0) is 18.6 Å². The van der Waals surface area contributed by atoms with Gasteiger partial charge in [-0.15, -0.1) is 22.0 Å². The van der Waals surface area contributed by atoms with Crippen LogP contribution in [0.3, 0.4) is 0 Å². The Morgan fingerprint density at radius 1 is 1.29 bits per heavy atom. The molecule has 0 spiro atoms. The minimum Gasteiger partial charge on any atom is -0.424 e. The first-order valence-corrected chi connectivity index (χ1v) is 6.48. The summed E-state index contributed by atoms with van der Waals surface area (Å²) in [5.74, 6) is 1.98. The third-order valence-corrected chi connectivity index (χ3v) is 3.50. The predicted octanol–water partition coefficient (Wildman–Crippen LogP) is 2.81. The molecule has 5 heteroatoms. The SMILES string of the molecule is CCc1nnc(CSc2cccc(C)c2N)o1. The molecule has 0 unspecified atom stereocenters. The van der Waals surface area contributed by atoms with Gasteiger partial charge in [-0.25, -0.2) is 0 Å². The van der Waals surface area contributed by atoms with E-state index < -0.39 is 0 Å². The van der Waals surface area contributed by atoms with Gasteiger partial charge < -0.3 is 10.2 Å². The lowest BCUT2D eigenvalue weighted by atomic mass is 10.2. The number of rotatable bonds is 4. The molecule has 0 amide bonds. The Morgan fingerprint density at radius 2 is 2.06 bits per heavy atom. The van der Waals surface area contributed by atoms with Crippen LogP contribution in [0.4, 0.5) is 5.69 Å². The van der Waals surface area contributed by atoms with Crippen LogP contribution < -0.4 is 5.73 Å². The second-order valence-electron chi connectivity index (χ2n) is 3.72. The van der Waals surface area contributed by atoms with Crippen molar-refractivity contribution >= 4 is 17.4 Å². The molecule has 0 saturated heterocycles. The molecule has 1 heterocycles. The lowest BCUT2D eigenvalue weighted by Gasteiger charge is -2.05. The number of nitrogen functional groups attached to an aromatic ring is 1. The van der Waals surface area contributed by atoms with Crippen molar-refractivity contribution < 1.29 is 4.42 Å². The summed E-state index contributed by atoms with van der Waals surface area (Å²) in [5, 5.41) is 7.90. The van der Waals surface area contributed by atoms with Crippen LogP contribution >= 0.6 is 11.8 Å². The minimum atomic E-state index is 0.646. The standard InChI is InChI=1S/C12H15N3OS/c1-3-10-14-15-11(16-10)7-17-9-6-4-5-8(2)12(9)13/h4-6H,3,7,13H2,1-2H3. The van der Waals surface area contributed by atoms with E-state index in [9.17, 15) is 0 Å². The lowest BCUT2D eigenvalue weighted by molar-refractivity contribution is 0.470. The lowest BCUT2D eigenvalue weighted by Crippen LogP contribution is -1.92. The normalized spacial score (nSPS) is 10.7. The number of benzene rings is 1. The van der Waals surface area contributed by atoms with Crippen LogP contribution in [-0.2, 0) is 12.2 Å². The molecule has 17 heavy (non-hydrogen) atoms. The summed E-state index contributed by atoms with van der Waals surface area (Å²) in [7, 11) is 0. The average Bonchev–Trinajstić information content (AvgIpc) is 2.79. The zero-order chi connectivity index (χ0) is 12.3. The summed E-state index contributed by atoms with van der Waals surface area (Å²) >= 11 is 1.62. The molecule has 0 saturated carbocycles. The molecule has 0 atom stereocenters. The Bertz CT molecular complexity index is 510. The Labute approximate surface area is 105 Å². The third-order valence-electron chi connectivity index (χ3n) is 2.45. The van der Waals surface area contributed by atoms with Gasteiger partial charge >= 0.3 is 0 Å². The van der Waals surface area contributed by atoms with E-state index in [1.54, 1.807) is 11.8 Å². The van der Waals surface area contributed by atoms with Crippen molar-refractivity contribution in [1.82, 2.24) is 10.2 Å². The van der Waals surface area contributed by atoms with Gasteiger partial charge in [-0.1, -0.05) is 19.1 Å². The largest absolute Gasteiger partial charge is 0.424 e. The quantitative estimate of drug-likeness (QED) is 0.666. The summed E-state index contributed by atoms with van der Waals surface area (Å²) in [4.78, 5) is 1.06. The molecule has 90 valence electrons. The van der Waals surface area contributed by atoms with Crippen molar-refractivity contribution in [2.24, 2.45) is 0 Å². The Hall–Kier alpha value is -1.49. The molecule has 2 rings (SSSR count). The summed E-state index contributed by atoms with van der Waals surface area (Å²) in [6.45, 7) is 3.99. The molecular weight excluding hydrogens is 234 g/mol. The second-order valence-corrected chi connectivity index (χ2v) is 4.74.